The van der Waals surface area contributed by atoms with Crippen molar-refractivity contribution in [3.63, 3.8) is 0 Å². The monoisotopic (exact) mass is 751 g/mol. The molecule has 0 fully saturated rings. The minimum absolute atomic E-state index is 0.0132. The summed E-state index contributed by atoms with van der Waals surface area (Å²) in [6, 6.07) is -7.69. The highest BCUT2D eigenvalue weighted by atomic mass is 32.1. The van der Waals surface area contributed by atoms with Gasteiger partial charge < -0.3 is 58.7 Å². The van der Waals surface area contributed by atoms with Crippen LogP contribution >= 0.6 is 25.3 Å². The zero-order valence-corrected chi connectivity index (χ0v) is 29.1. The van der Waals surface area contributed by atoms with Gasteiger partial charge >= 0.3 is 17.9 Å². The molecule has 0 aliphatic carbocycles. The predicted molar refractivity (Wildman–Crippen MR) is 182 cm³/mol. The van der Waals surface area contributed by atoms with Crippen molar-refractivity contribution < 1.29 is 58.5 Å². The van der Waals surface area contributed by atoms with E-state index < -0.39 is 109 Å². The Balaban J connectivity index is 5.76. The molecule has 0 unspecified atom stereocenters. The summed E-state index contributed by atoms with van der Waals surface area (Å²) in [6.07, 6.45) is -1.76. The molecule has 0 aromatic heterocycles. The van der Waals surface area contributed by atoms with E-state index in [-0.39, 0.29) is 43.3 Å². The van der Waals surface area contributed by atoms with Crippen molar-refractivity contribution in [3.05, 3.63) is 0 Å². The molecule has 0 saturated carbocycles. The topological polar surface area (TPSA) is 351 Å². The summed E-state index contributed by atoms with van der Waals surface area (Å²) in [6.45, 7) is 2.33. The molecule has 0 bridgehead atoms. The third-order valence-electron chi connectivity index (χ3n) is 6.45. The highest BCUT2D eigenvalue weighted by Crippen LogP contribution is 2.06. The Morgan fingerprint density at radius 1 is 0.680 bits per heavy atom. The lowest BCUT2D eigenvalue weighted by Gasteiger charge is -2.26. The standard InChI is InChI=1S/C27H45N9O12S2/c1-12(2)21(25(46)35-16(11-50)26(47)48)36-24(45)15(9-20(41)42)34-23(44)14(8-19(39)40)33-18(38)10-31-22(43)13(32-17(37)5-7-49)4-3-6-30-27(28)29/h12-16,21,49-50H,3-11H2,1-2H3,(H,31,43)(H,32,37)(H,33,38)(H,34,44)(H,35,46)(H,36,45)(H,39,40)(H,41,42)(H,47,48)(H4,28,29,30)/t13-,14-,15-,16-,21-/m0/s1. The lowest BCUT2D eigenvalue weighted by atomic mass is 10.0. The number of guanidine groups is 1. The molecule has 0 saturated heterocycles. The predicted octanol–water partition coefficient (Wildman–Crippen LogP) is -4.48. The molecular weight excluding hydrogens is 706 g/mol. The second-order valence-electron chi connectivity index (χ2n) is 10.9. The first-order valence-corrected chi connectivity index (χ1v) is 16.3. The average Bonchev–Trinajstić information content (AvgIpc) is 3.00. The molecule has 6 amide bonds. The first-order chi connectivity index (χ1) is 23.3. The summed E-state index contributed by atoms with van der Waals surface area (Å²) in [4.78, 5) is 114. The van der Waals surface area contributed by atoms with Gasteiger partial charge in [0.1, 0.15) is 30.2 Å². The summed E-state index contributed by atoms with van der Waals surface area (Å²) in [5.74, 6) is -11.3. The van der Waals surface area contributed by atoms with Crippen LogP contribution in [0.15, 0.2) is 4.99 Å². The number of carbonyl (C=O) groups is 9. The third kappa shape index (κ3) is 18.7. The fourth-order valence-corrected chi connectivity index (χ4v) is 4.40. The highest BCUT2D eigenvalue weighted by molar-refractivity contribution is 7.80. The fourth-order valence-electron chi connectivity index (χ4n) is 3.95. The van der Waals surface area contributed by atoms with Gasteiger partial charge in [0, 0.05) is 18.7 Å². The Kier molecular flexibility index (Phi) is 21.3. The molecule has 0 spiro atoms. The Labute approximate surface area is 297 Å². The van der Waals surface area contributed by atoms with E-state index >= 15 is 0 Å². The minimum atomic E-state index is -1.89. The van der Waals surface area contributed by atoms with Crippen LogP contribution in [0.2, 0.25) is 0 Å². The van der Waals surface area contributed by atoms with Crippen molar-refractivity contribution in [2.45, 2.75) is 76.2 Å². The number of carboxylic acids is 3. The number of nitrogens with two attached hydrogens (primary N) is 2. The van der Waals surface area contributed by atoms with Crippen LogP contribution in [0.25, 0.3) is 0 Å². The van der Waals surface area contributed by atoms with Crippen LogP contribution in [0.1, 0.15) is 46.0 Å². The number of hydrogen-bond acceptors (Lipinski definition) is 12. The van der Waals surface area contributed by atoms with Gasteiger partial charge in [-0.1, -0.05) is 13.8 Å². The van der Waals surface area contributed by atoms with Crippen LogP contribution in [0, 0.1) is 5.92 Å². The van der Waals surface area contributed by atoms with Crippen LogP contribution < -0.4 is 43.4 Å². The van der Waals surface area contributed by atoms with E-state index in [2.05, 4.69) is 56.8 Å². The van der Waals surface area contributed by atoms with E-state index in [0.29, 0.717) is 0 Å². The molecule has 13 N–H and O–H groups in total. The van der Waals surface area contributed by atoms with Crippen molar-refractivity contribution in [2.75, 3.05) is 24.6 Å². The van der Waals surface area contributed by atoms with Gasteiger partial charge in [0.15, 0.2) is 5.96 Å². The maximum absolute atomic E-state index is 13.1. The molecule has 23 heteroatoms. The summed E-state index contributed by atoms with van der Waals surface area (Å²) >= 11 is 7.81. The van der Waals surface area contributed by atoms with Crippen LogP contribution in [0.3, 0.4) is 0 Å². The number of carbonyl (C=O) groups excluding carboxylic acids is 6. The van der Waals surface area contributed by atoms with E-state index in [1.807, 2.05) is 5.32 Å². The summed E-state index contributed by atoms with van der Waals surface area (Å²) in [7, 11) is 0. The minimum Gasteiger partial charge on any atom is -0.481 e. The molecule has 282 valence electrons. The Hall–Kier alpha value is -4.80. The average molecular weight is 752 g/mol. The third-order valence-corrected chi connectivity index (χ3v) is 7.03. The Morgan fingerprint density at radius 2 is 1.20 bits per heavy atom. The highest BCUT2D eigenvalue weighted by Gasteiger charge is 2.34. The van der Waals surface area contributed by atoms with Crippen LogP contribution in [0.5, 0.6) is 0 Å². The molecular formula is C27H45N9O12S2. The van der Waals surface area contributed by atoms with Crippen molar-refractivity contribution in [1.82, 2.24) is 31.9 Å². The first-order valence-electron chi connectivity index (χ1n) is 15.0. The van der Waals surface area contributed by atoms with E-state index in [0.717, 1.165) is 0 Å². The molecule has 5 atom stereocenters. The number of carboxylic acid groups (broad SMARTS) is 3. The molecule has 50 heavy (non-hydrogen) atoms. The van der Waals surface area contributed by atoms with Gasteiger partial charge in [-0.05, 0) is 24.5 Å². The molecule has 0 radical (unpaired) electrons. The second-order valence-corrected chi connectivity index (χ2v) is 11.8. The molecule has 0 rings (SSSR count). The smallest absolute Gasteiger partial charge is 0.327 e. The van der Waals surface area contributed by atoms with Crippen molar-refractivity contribution in [1.29, 1.82) is 0 Å². The number of rotatable bonds is 24. The molecule has 0 aliphatic rings. The summed E-state index contributed by atoms with van der Waals surface area (Å²) in [5, 5.41) is 41.2. The molecule has 0 heterocycles. The zero-order valence-electron chi connectivity index (χ0n) is 27.3. The van der Waals surface area contributed by atoms with Gasteiger partial charge in [-0.15, -0.1) is 0 Å². The molecule has 0 aromatic carbocycles. The largest absolute Gasteiger partial charge is 0.481 e. The van der Waals surface area contributed by atoms with Gasteiger partial charge in [0.25, 0.3) is 0 Å². The van der Waals surface area contributed by atoms with Crippen LogP contribution in [-0.4, -0.2) is 129 Å². The van der Waals surface area contributed by atoms with Crippen molar-refractivity contribution >= 4 is 84.6 Å². The van der Waals surface area contributed by atoms with Gasteiger partial charge in [-0.25, -0.2) is 4.79 Å². The van der Waals surface area contributed by atoms with E-state index in [4.69, 9.17) is 11.5 Å². The number of hydrogen-bond donors (Lipinski definition) is 13. The quantitative estimate of drug-likeness (QED) is 0.0191. The van der Waals surface area contributed by atoms with Gasteiger partial charge in [0.05, 0.1) is 19.4 Å². The Morgan fingerprint density at radius 3 is 1.68 bits per heavy atom. The summed E-state index contributed by atoms with van der Waals surface area (Å²) in [5.41, 5.74) is 10.5. The van der Waals surface area contributed by atoms with Crippen molar-refractivity contribution in [3.8, 4) is 0 Å². The Bertz CT molecular complexity index is 1280. The number of aliphatic carboxylic acids is 3. The zero-order chi connectivity index (χ0) is 38.6. The summed E-state index contributed by atoms with van der Waals surface area (Å²) < 4.78 is 0. The van der Waals surface area contributed by atoms with Gasteiger partial charge in [0.2, 0.25) is 35.4 Å². The second kappa shape index (κ2) is 23.5. The van der Waals surface area contributed by atoms with E-state index in [1.54, 1.807) is 0 Å². The van der Waals surface area contributed by atoms with E-state index in [1.165, 1.54) is 13.8 Å². The van der Waals surface area contributed by atoms with Gasteiger partial charge in [-0.2, -0.15) is 25.3 Å². The van der Waals surface area contributed by atoms with E-state index in [9.17, 15) is 58.5 Å². The van der Waals surface area contributed by atoms with Gasteiger partial charge in [-0.3, -0.25) is 43.3 Å². The first kappa shape index (κ1) is 45.2. The van der Waals surface area contributed by atoms with Crippen LogP contribution in [0.4, 0.5) is 0 Å². The molecule has 0 aromatic rings. The number of aliphatic imine (C=N–C) groups is 1. The maximum Gasteiger partial charge on any atom is 0.327 e. The number of amides is 6. The van der Waals surface area contributed by atoms with Crippen LogP contribution in [-0.2, 0) is 43.2 Å². The number of nitrogens with zero attached hydrogens (tertiary/aromatic N) is 1. The molecule has 0 aliphatic heterocycles. The number of nitrogens with one attached hydrogen (secondary N) is 6. The maximum atomic E-state index is 13.1. The number of thiol groups is 2. The lowest BCUT2D eigenvalue weighted by molar-refractivity contribution is -0.144. The lowest BCUT2D eigenvalue weighted by Crippen LogP contribution is -2.59. The normalized spacial score (nSPS) is 13.6. The fraction of sp³-hybridized carbons (Fsp3) is 0.630. The molecule has 21 nitrogen and oxygen atoms in total. The van der Waals surface area contributed by atoms with Crippen molar-refractivity contribution in [2.24, 2.45) is 22.4 Å². The SMILES string of the molecule is CC(C)[C@H](NC(=O)[C@H](CC(=O)O)NC(=O)[C@H](CC(=O)O)NC(=O)CNC(=O)[C@H](CCCN=C(N)N)NC(=O)CCS)C(=O)N[C@@H](CS)C(=O)O.